The first-order valence-electron chi connectivity index (χ1n) is 13.4. The second-order valence-corrected chi connectivity index (χ2v) is 13.0. The second-order valence-electron chi connectivity index (χ2n) is 9.90. The molecule has 3 aromatic carbocycles. The van der Waals surface area contributed by atoms with Crippen molar-refractivity contribution < 1.29 is 22.7 Å². The summed E-state index contributed by atoms with van der Waals surface area (Å²) in [7, 11) is -4.30. The number of nitrogens with one attached hydrogen (secondary N) is 1. The molecule has 0 aromatic heterocycles. The lowest BCUT2D eigenvalue weighted by Crippen LogP contribution is -2.51. The van der Waals surface area contributed by atoms with Crippen LogP contribution in [-0.4, -0.2) is 50.9 Å². The molecule has 0 spiro atoms. The molecule has 2 amide bonds. The van der Waals surface area contributed by atoms with Crippen LogP contribution in [0.15, 0.2) is 71.6 Å². The summed E-state index contributed by atoms with van der Waals surface area (Å²) in [6.07, 6.45) is 0. The summed E-state index contributed by atoms with van der Waals surface area (Å²) in [6, 6.07) is 16.1. The quantitative estimate of drug-likeness (QED) is 0.229. The minimum Gasteiger partial charge on any atom is -0.492 e. The van der Waals surface area contributed by atoms with Crippen LogP contribution in [-0.2, 0) is 26.2 Å². The number of halogens is 3. The Morgan fingerprint density at radius 3 is 2.12 bits per heavy atom. The fraction of sp³-hybridized carbons (Fsp3) is 0.333. The summed E-state index contributed by atoms with van der Waals surface area (Å²) in [5, 5.41) is 3.81. The van der Waals surface area contributed by atoms with Crippen molar-refractivity contribution in [3.63, 3.8) is 0 Å². The predicted molar refractivity (Wildman–Crippen MR) is 168 cm³/mol. The highest BCUT2D eigenvalue weighted by molar-refractivity contribution is 7.92. The molecule has 12 heteroatoms. The Morgan fingerprint density at radius 2 is 1.52 bits per heavy atom. The molecule has 8 nitrogen and oxygen atoms in total. The van der Waals surface area contributed by atoms with Gasteiger partial charge in [0.25, 0.3) is 10.0 Å². The van der Waals surface area contributed by atoms with Gasteiger partial charge in [0.2, 0.25) is 11.8 Å². The first-order chi connectivity index (χ1) is 19.9. The third kappa shape index (κ3) is 8.31. The van der Waals surface area contributed by atoms with Crippen LogP contribution >= 0.6 is 34.8 Å². The molecule has 3 rings (SSSR count). The van der Waals surface area contributed by atoms with E-state index in [1.807, 2.05) is 13.8 Å². The molecule has 0 aliphatic rings. The number of para-hydroxylation sites is 2. The van der Waals surface area contributed by atoms with Gasteiger partial charge in [-0.2, -0.15) is 0 Å². The lowest BCUT2D eigenvalue weighted by molar-refractivity contribution is -0.139. The van der Waals surface area contributed by atoms with Gasteiger partial charge in [0, 0.05) is 33.7 Å². The Labute approximate surface area is 262 Å². The standard InChI is InChI=1S/C30H34Cl3N3O5S/c1-5-41-28-12-7-6-11-27(28)36(42(39,40)23-15-13-22(31)14-16-23)19-29(37)35(21(4)30(38)34-17-20(2)3)18-24-25(32)9-8-10-26(24)33/h6-16,20-21H,5,17-19H2,1-4H3,(H,34,38). The van der Waals surface area contributed by atoms with Gasteiger partial charge in [0.1, 0.15) is 18.3 Å². The predicted octanol–water partition coefficient (Wildman–Crippen LogP) is 6.43. The monoisotopic (exact) mass is 653 g/mol. The Balaban J connectivity index is 2.10. The Kier molecular flexibility index (Phi) is 11.9. The molecule has 0 aliphatic heterocycles. The van der Waals surface area contributed by atoms with E-state index in [0.717, 1.165) is 4.31 Å². The zero-order chi connectivity index (χ0) is 31.0. The third-order valence-electron chi connectivity index (χ3n) is 6.36. The number of carbonyl (C=O) groups is 2. The molecule has 0 bridgehead atoms. The van der Waals surface area contributed by atoms with E-state index in [2.05, 4.69) is 5.32 Å². The van der Waals surface area contributed by atoms with E-state index in [9.17, 15) is 18.0 Å². The highest BCUT2D eigenvalue weighted by atomic mass is 35.5. The van der Waals surface area contributed by atoms with E-state index in [1.165, 1.54) is 29.2 Å². The first kappa shape index (κ1) is 33.5. The van der Waals surface area contributed by atoms with Crippen molar-refractivity contribution in [3.05, 3.63) is 87.4 Å². The van der Waals surface area contributed by atoms with E-state index < -0.39 is 34.4 Å². The van der Waals surface area contributed by atoms with Crippen LogP contribution in [0, 0.1) is 5.92 Å². The van der Waals surface area contributed by atoms with E-state index in [-0.39, 0.29) is 35.4 Å². The molecule has 0 fully saturated rings. The summed E-state index contributed by atoms with van der Waals surface area (Å²) in [6.45, 7) is 7.14. The summed E-state index contributed by atoms with van der Waals surface area (Å²) >= 11 is 18.9. The number of hydrogen-bond acceptors (Lipinski definition) is 5. The molecule has 1 unspecified atom stereocenters. The van der Waals surface area contributed by atoms with Crippen molar-refractivity contribution >= 4 is 62.3 Å². The van der Waals surface area contributed by atoms with Crippen molar-refractivity contribution in [3.8, 4) is 5.75 Å². The fourth-order valence-corrected chi connectivity index (χ4v) is 6.14. The van der Waals surface area contributed by atoms with Gasteiger partial charge in [-0.3, -0.25) is 13.9 Å². The Morgan fingerprint density at radius 1 is 0.905 bits per heavy atom. The molecule has 0 heterocycles. The van der Waals surface area contributed by atoms with Crippen LogP contribution < -0.4 is 14.4 Å². The zero-order valence-corrected chi connectivity index (χ0v) is 26.9. The van der Waals surface area contributed by atoms with Gasteiger partial charge < -0.3 is 15.0 Å². The van der Waals surface area contributed by atoms with Gasteiger partial charge in [0.05, 0.1) is 17.2 Å². The molecule has 3 aromatic rings. The highest BCUT2D eigenvalue weighted by Crippen LogP contribution is 2.33. The summed E-state index contributed by atoms with van der Waals surface area (Å²) in [5.74, 6) is -0.601. The Bertz CT molecular complexity index is 1480. The SMILES string of the molecule is CCOc1ccccc1N(CC(=O)N(Cc1c(Cl)cccc1Cl)C(C)C(=O)NCC(C)C)S(=O)(=O)c1ccc(Cl)cc1. The normalized spacial score (nSPS) is 12.1. The summed E-state index contributed by atoms with van der Waals surface area (Å²) < 4.78 is 34.8. The summed E-state index contributed by atoms with van der Waals surface area (Å²) in [5.41, 5.74) is 0.592. The smallest absolute Gasteiger partial charge is 0.264 e. The number of amides is 2. The topological polar surface area (TPSA) is 96.0 Å². The number of benzene rings is 3. The fourth-order valence-electron chi connectivity index (χ4n) is 4.08. The highest BCUT2D eigenvalue weighted by Gasteiger charge is 2.34. The molecule has 0 radical (unpaired) electrons. The number of sulfonamides is 1. The van der Waals surface area contributed by atoms with Crippen LogP contribution in [0.5, 0.6) is 5.75 Å². The number of anilines is 1. The average Bonchev–Trinajstić information content (AvgIpc) is 2.95. The first-order valence-corrected chi connectivity index (χ1v) is 15.9. The molecular formula is C30H34Cl3N3O5S. The molecule has 1 N–H and O–H groups in total. The van der Waals surface area contributed by atoms with Crippen molar-refractivity contribution in [2.75, 3.05) is 24.0 Å². The lowest BCUT2D eigenvalue weighted by atomic mass is 10.1. The van der Waals surface area contributed by atoms with Crippen LogP contribution in [0.25, 0.3) is 0 Å². The molecule has 226 valence electrons. The molecule has 1 atom stereocenters. The van der Waals surface area contributed by atoms with Crippen LogP contribution in [0.2, 0.25) is 15.1 Å². The van der Waals surface area contributed by atoms with Crippen LogP contribution in [0.4, 0.5) is 5.69 Å². The maximum Gasteiger partial charge on any atom is 0.264 e. The zero-order valence-electron chi connectivity index (χ0n) is 23.8. The van der Waals surface area contributed by atoms with Gasteiger partial charge in [-0.05, 0) is 68.3 Å². The van der Waals surface area contributed by atoms with Crippen LogP contribution in [0.1, 0.15) is 33.3 Å². The van der Waals surface area contributed by atoms with Gasteiger partial charge in [-0.1, -0.05) is 66.8 Å². The lowest BCUT2D eigenvalue weighted by Gasteiger charge is -2.33. The Hall–Kier alpha value is -2.98. The maximum atomic E-state index is 14.1. The maximum absolute atomic E-state index is 14.1. The number of carbonyl (C=O) groups excluding carboxylic acids is 2. The van der Waals surface area contributed by atoms with Crippen LogP contribution in [0.3, 0.4) is 0 Å². The molecule has 42 heavy (non-hydrogen) atoms. The van der Waals surface area contributed by atoms with Gasteiger partial charge in [-0.25, -0.2) is 8.42 Å². The number of hydrogen-bond donors (Lipinski definition) is 1. The van der Waals surface area contributed by atoms with Crippen molar-refractivity contribution in [2.45, 2.75) is 45.2 Å². The largest absolute Gasteiger partial charge is 0.492 e. The second kappa shape index (κ2) is 15.0. The minimum absolute atomic E-state index is 0.0746. The number of rotatable bonds is 13. The average molecular weight is 655 g/mol. The van der Waals surface area contributed by atoms with E-state index in [0.29, 0.717) is 27.2 Å². The van der Waals surface area contributed by atoms with E-state index >= 15 is 0 Å². The molecule has 0 aliphatic carbocycles. The van der Waals surface area contributed by atoms with Crippen molar-refractivity contribution in [2.24, 2.45) is 5.92 Å². The van der Waals surface area contributed by atoms with Crippen molar-refractivity contribution in [1.82, 2.24) is 10.2 Å². The number of nitrogens with zero attached hydrogens (tertiary/aromatic N) is 2. The van der Waals surface area contributed by atoms with E-state index in [4.69, 9.17) is 39.5 Å². The third-order valence-corrected chi connectivity index (χ3v) is 9.09. The van der Waals surface area contributed by atoms with Gasteiger partial charge in [-0.15, -0.1) is 0 Å². The van der Waals surface area contributed by atoms with Gasteiger partial charge >= 0.3 is 0 Å². The number of ether oxygens (including phenoxy) is 1. The molecular weight excluding hydrogens is 621 g/mol. The molecule has 0 saturated heterocycles. The minimum atomic E-state index is -4.30. The van der Waals surface area contributed by atoms with Crippen molar-refractivity contribution in [1.29, 1.82) is 0 Å². The summed E-state index contributed by atoms with van der Waals surface area (Å²) in [4.78, 5) is 28.5. The molecule has 0 saturated carbocycles. The van der Waals surface area contributed by atoms with E-state index in [1.54, 1.807) is 56.3 Å². The van der Waals surface area contributed by atoms with Gasteiger partial charge in [0.15, 0.2) is 0 Å².